The van der Waals surface area contributed by atoms with Crippen molar-refractivity contribution in [2.45, 2.75) is 0 Å². The fourth-order valence-corrected chi connectivity index (χ4v) is 1.92. The molecular formula is C14H11N3O3. The Kier molecular flexibility index (Phi) is 2.83. The van der Waals surface area contributed by atoms with Crippen LogP contribution in [0.25, 0.3) is 5.52 Å². The molecule has 0 spiro atoms. The first-order valence-corrected chi connectivity index (χ1v) is 5.92. The molecule has 0 unspecified atom stereocenters. The molecule has 100 valence electrons. The predicted molar refractivity (Wildman–Crippen MR) is 73.7 cm³/mol. The monoisotopic (exact) mass is 269 g/mol. The molecule has 2 aromatic heterocycles. The first kappa shape index (κ1) is 12.2. The topological polar surface area (TPSA) is 76.2 Å². The standard InChI is InChI=1S/C14H11N3O3/c1-20-14-13(11-4-2-3-7-17(11)16-14)15-10-6-5-9(18)8-12(10)19/h2-8,19H,1H3. The van der Waals surface area contributed by atoms with Gasteiger partial charge in [-0.05, 0) is 24.3 Å². The fraction of sp³-hybridized carbons (Fsp3) is 0.0714. The van der Waals surface area contributed by atoms with Gasteiger partial charge in [-0.2, -0.15) is 0 Å². The summed E-state index contributed by atoms with van der Waals surface area (Å²) in [4.78, 5) is 15.5. The van der Waals surface area contributed by atoms with Crippen LogP contribution in [-0.4, -0.2) is 33.3 Å². The number of hydrogen-bond acceptors (Lipinski definition) is 5. The Balaban J connectivity index is 2.17. The Morgan fingerprint density at radius 3 is 2.95 bits per heavy atom. The van der Waals surface area contributed by atoms with Gasteiger partial charge in [0, 0.05) is 12.3 Å². The highest BCUT2D eigenvalue weighted by molar-refractivity contribution is 6.19. The van der Waals surface area contributed by atoms with E-state index in [2.05, 4.69) is 10.1 Å². The van der Waals surface area contributed by atoms with Crippen molar-refractivity contribution in [1.82, 2.24) is 9.61 Å². The molecule has 0 aromatic carbocycles. The molecular weight excluding hydrogens is 258 g/mol. The SMILES string of the molecule is COc1nn2ccccc2c1N=C1C=CC(=O)C=C1O. The van der Waals surface area contributed by atoms with Gasteiger partial charge >= 0.3 is 0 Å². The molecule has 3 rings (SSSR count). The summed E-state index contributed by atoms with van der Waals surface area (Å²) in [5, 5.41) is 14.0. The Bertz CT molecular complexity index is 784. The first-order valence-electron chi connectivity index (χ1n) is 5.92. The zero-order valence-corrected chi connectivity index (χ0v) is 10.6. The third kappa shape index (κ3) is 1.97. The summed E-state index contributed by atoms with van der Waals surface area (Å²) in [6.07, 6.45) is 5.70. The highest BCUT2D eigenvalue weighted by Crippen LogP contribution is 2.32. The largest absolute Gasteiger partial charge is 0.506 e. The molecule has 0 radical (unpaired) electrons. The van der Waals surface area contributed by atoms with E-state index in [9.17, 15) is 9.90 Å². The van der Waals surface area contributed by atoms with E-state index in [0.29, 0.717) is 17.3 Å². The van der Waals surface area contributed by atoms with Crippen LogP contribution in [0.15, 0.2) is 53.4 Å². The maximum atomic E-state index is 11.1. The molecule has 6 heteroatoms. The van der Waals surface area contributed by atoms with Gasteiger partial charge < -0.3 is 9.84 Å². The van der Waals surface area contributed by atoms with E-state index >= 15 is 0 Å². The lowest BCUT2D eigenvalue weighted by molar-refractivity contribution is -0.110. The maximum absolute atomic E-state index is 11.1. The number of aliphatic hydroxyl groups is 1. The second kappa shape index (κ2) is 4.65. The van der Waals surface area contributed by atoms with Crippen LogP contribution in [0.5, 0.6) is 5.88 Å². The van der Waals surface area contributed by atoms with Gasteiger partial charge in [0.05, 0.1) is 12.6 Å². The summed E-state index contributed by atoms with van der Waals surface area (Å²) in [6.45, 7) is 0. The van der Waals surface area contributed by atoms with E-state index in [1.165, 1.54) is 19.3 Å². The van der Waals surface area contributed by atoms with Crippen molar-refractivity contribution in [3.63, 3.8) is 0 Å². The number of ketones is 1. The minimum absolute atomic E-state index is 0.171. The molecule has 0 saturated carbocycles. The van der Waals surface area contributed by atoms with E-state index in [-0.39, 0.29) is 11.5 Å². The number of rotatable bonds is 2. The van der Waals surface area contributed by atoms with E-state index < -0.39 is 0 Å². The van der Waals surface area contributed by atoms with Gasteiger partial charge in [-0.25, -0.2) is 9.51 Å². The normalized spacial score (nSPS) is 16.8. The number of nitrogens with zero attached hydrogens (tertiary/aromatic N) is 3. The summed E-state index contributed by atoms with van der Waals surface area (Å²) < 4.78 is 6.83. The fourth-order valence-electron chi connectivity index (χ4n) is 1.92. The molecule has 2 heterocycles. The van der Waals surface area contributed by atoms with Crippen LogP contribution in [0, 0.1) is 0 Å². The van der Waals surface area contributed by atoms with E-state index in [0.717, 1.165) is 11.6 Å². The third-order valence-corrected chi connectivity index (χ3v) is 2.86. The molecule has 1 aliphatic rings. The quantitative estimate of drug-likeness (QED) is 0.846. The number of carbonyl (C=O) groups is 1. The van der Waals surface area contributed by atoms with Gasteiger partial charge in [0.25, 0.3) is 5.88 Å². The Morgan fingerprint density at radius 2 is 2.20 bits per heavy atom. The maximum Gasteiger partial charge on any atom is 0.259 e. The minimum atomic E-state index is -0.270. The number of allylic oxidation sites excluding steroid dienone is 3. The second-order valence-electron chi connectivity index (χ2n) is 4.15. The molecule has 0 amide bonds. The summed E-state index contributed by atoms with van der Waals surface area (Å²) in [5.41, 5.74) is 1.54. The van der Waals surface area contributed by atoms with Crippen molar-refractivity contribution in [2.24, 2.45) is 4.99 Å². The van der Waals surface area contributed by atoms with Crippen LogP contribution < -0.4 is 4.74 Å². The lowest BCUT2D eigenvalue weighted by atomic mass is 10.1. The molecule has 6 nitrogen and oxygen atoms in total. The Hall–Kier alpha value is -2.89. The summed E-state index contributed by atoms with van der Waals surface area (Å²) >= 11 is 0. The van der Waals surface area contributed by atoms with Crippen molar-refractivity contribution < 1.29 is 14.6 Å². The zero-order chi connectivity index (χ0) is 14.1. The van der Waals surface area contributed by atoms with Crippen molar-refractivity contribution in [1.29, 1.82) is 0 Å². The number of aromatic nitrogens is 2. The van der Waals surface area contributed by atoms with Crippen LogP contribution >= 0.6 is 0 Å². The molecule has 0 fully saturated rings. The average Bonchev–Trinajstić information content (AvgIpc) is 2.80. The number of methoxy groups -OCH3 is 1. The average molecular weight is 269 g/mol. The van der Waals surface area contributed by atoms with Gasteiger partial charge in [0.15, 0.2) is 11.5 Å². The highest BCUT2D eigenvalue weighted by atomic mass is 16.5. The van der Waals surface area contributed by atoms with Gasteiger partial charge in [0.2, 0.25) is 0 Å². The lowest BCUT2D eigenvalue weighted by Crippen LogP contribution is -2.07. The van der Waals surface area contributed by atoms with Crippen LogP contribution in [0.1, 0.15) is 0 Å². The first-order chi connectivity index (χ1) is 9.69. The number of ether oxygens (including phenoxy) is 1. The molecule has 0 aliphatic heterocycles. The summed E-state index contributed by atoms with van der Waals surface area (Å²) in [7, 11) is 1.50. The molecule has 1 aliphatic carbocycles. The number of hydrogen-bond donors (Lipinski definition) is 1. The molecule has 20 heavy (non-hydrogen) atoms. The van der Waals surface area contributed by atoms with Gasteiger partial charge in [-0.15, -0.1) is 5.10 Å². The van der Waals surface area contributed by atoms with Crippen LogP contribution in [0.2, 0.25) is 0 Å². The summed E-state index contributed by atoms with van der Waals surface area (Å²) in [6, 6.07) is 5.54. The van der Waals surface area contributed by atoms with E-state index in [4.69, 9.17) is 4.74 Å². The van der Waals surface area contributed by atoms with Crippen LogP contribution in [-0.2, 0) is 4.79 Å². The van der Waals surface area contributed by atoms with Crippen molar-refractivity contribution in [3.8, 4) is 5.88 Å². The molecule has 0 bridgehead atoms. The zero-order valence-electron chi connectivity index (χ0n) is 10.6. The second-order valence-corrected chi connectivity index (χ2v) is 4.15. The number of carbonyl (C=O) groups excluding carboxylic acids is 1. The minimum Gasteiger partial charge on any atom is -0.506 e. The number of aliphatic hydroxyl groups excluding tert-OH is 1. The Labute approximate surface area is 114 Å². The predicted octanol–water partition coefficient (Wildman–Crippen LogP) is 2.00. The molecule has 2 aromatic rings. The number of aliphatic imine (C=N–C) groups is 1. The van der Waals surface area contributed by atoms with Gasteiger partial charge in [0.1, 0.15) is 11.5 Å². The van der Waals surface area contributed by atoms with Crippen LogP contribution in [0.4, 0.5) is 5.69 Å². The van der Waals surface area contributed by atoms with E-state index in [1.54, 1.807) is 10.7 Å². The molecule has 1 N–H and O–H groups in total. The number of fused-ring (bicyclic) bond motifs is 1. The third-order valence-electron chi connectivity index (χ3n) is 2.86. The van der Waals surface area contributed by atoms with Crippen molar-refractivity contribution in [3.05, 3.63) is 48.4 Å². The van der Waals surface area contributed by atoms with E-state index in [1.807, 2.05) is 18.2 Å². The van der Waals surface area contributed by atoms with Gasteiger partial charge in [-0.1, -0.05) is 6.07 Å². The summed E-state index contributed by atoms with van der Waals surface area (Å²) in [5.74, 6) is -0.0927. The smallest absolute Gasteiger partial charge is 0.259 e. The van der Waals surface area contributed by atoms with Gasteiger partial charge in [-0.3, -0.25) is 4.79 Å². The number of pyridine rings is 1. The molecule has 0 atom stereocenters. The molecule has 0 saturated heterocycles. The highest BCUT2D eigenvalue weighted by Gasteiger charge is 2.16. The lowest BCUT2D eigenvalue weighted by Gasteiger charge is -2.04. The van der Waals surface area contributed by atoms with Crippen molar-refractivity contribution in [2.75, 3.05) is 7.11 Å². The Morgan fingerprint density at radius 1 is 1.35 bits per heavy atom. The van der Waals surface area contributed by atoms with Crippen LogP contribution in [0.3, 0.4) is 0 Å². The van der Waals surface area contributed by atoms with Crippen molar-refractivity contribution >= 4 is 22.7 Å².